The van der Waals surface area contributed by atoms with Gasteiger partial charge in [0.05, 0.1) is 0 Å². The first-order chi connectivity index (χ1) is 5.49. The molecule has 0 aromatic carbocycles. The summed E-state index contributed by atoms with van der Waals surface area (Å²) in [5.74, 6) is -0.465. The zero-order valence-corrected chi connectivity index (χ0v) is 6.90. The lowest BCUT2D eigenvalue weighted by Crippen LogP contribution is -2.44. The Morgan fingerprint density at radius 2 is 2.17 bits per heavy atom. The number of nitro groups is 1. The van der Waals surface area contributed by atoms with Crippen molar-refractivity contribution < 1.29 is 9.72 Å². The second kappa shape index (κ2) is 2.55. The summed E-state index contributed by atoms with van der Waals surface area (Å²) in [5.41, 5.74) is -1.07. The van der Waals surface area contributed by atoms with Crippen LogP contribution in [0.15, 0.2) is 23.8 Å². The molecule has 0 aromatic rings. The predicted octanol–water partition coefficient (Wildman–Crippen LogP) is 1.11. The van der Waals surface area contributed by atoms with Gasteiger partial charge in [-0.2, -0.15) is 0 Å². The molecule has 64 valence electrons. The zero-order chi connectivity index (χ0) is 9.35. The molecule has 12 heavy (non-hydrogen) atoms. The van der Waals surface area contributed by atoms with E-state index in [-0.39, 0.29) is 0 Å². The molecule has 0 heterocycles. The van der Waals surface area contributed by atoms with E-state index in [2.05, 4.69) is 0 Å². The van der Waals surface area contributed by atoms with Crippen LogP contribution in [0.4, 0.5) is 0 Å². The smallest absolute Gasteiger partial charge is 0.286 e. The second-order valence-electron chi connectivity index (χ2n) is 2.90. The van der Waals surface area contributed by atoms with Crippen LogP contribution < -0.4 is 0 Å². The second-order valence-corrected chi connectivity index (χ2v) is 2.90. The third-order valence-electron chi connectivity index (χ3n) is 2.21. The average Bonchev–Trinajstić information content (AvgIpc) is 1.99. The van der Waals surface area contributed by atoms with E-state index in [0.717, 1.165) is 0 Å². The topological polar surface area (TPSA) is 60.2 Å². The Balaban J connectivity index is 3.20. The summed E-state index contributed by atoms with van der Waals surface area (Å²) < 4.78 is 0. The van der Waals surface area contributed by atoms with Gasteiger partial charge in [0, 0.05) is 17.4 Å². The van der Waals surface area contributed by atoms with E-state index in [1.807, 2.05) is 0 Å². The van der Waals surface area contributed by atoms with Crippen molar-refractivity contribution in [2.45, 2.75) is 19.4 Å². The Morgan fingerprint density at radius 1 is 1.58 bits per heavy atom. The lowest BCUT2D eigenvalue weighted by atomic mass is 9.85. The summed E-state index contributed by atoms with van der Waals surface area (Å²) in [7, 11) is 0. The lowest BCUT2D eigenvalue weighted by Gasteiger charge is -2.20. The minimum absolute atomic E-state index is 0.465. The van der Waals surface area contributed by atoms with Gasteiger partial charge in [-0.3, -0.25) is 14.9 Å². The highest BCUT2D eigenvalue weighted by Gasteiger charge is 2.46. The van der Waals surface area contributed by atoms with Crippen molar-refractivity contribution in [1.29, 1.82) is 0 Å². The lowest BCUT2D eigenvalue weighted by molar-refractivity contribution is -0.535. The molecule has 0 fully saturated rings. The molecule has 1 aliphatic carbocycles. The van der Waals surface area contributed by atoms with E-state index < -0.39 is 16.2 Å². The third kappa shape index (κ3) is 0.958. The summed E-state index contributed by atoms with van der Waals surface area (Å²) in [6, 6.07) is 0. The molecule has 1 unspecified atom stereocenters. The molecule has 0 saturated carbocycles. The highest BCUT2D eigenvalue weighted by Crippen LogP contribution is 2.24. The maximum Gasteiger partial charge on any atom is 0.301 e. The van der Waals surface area contributed by atoms with E-state index in [1.54, 1.807) is 13.0 Å². The Morgan fingerprint density at radius 3 is 2.50 bits per heavy atom. The van der Waals surface area contributed by atoms with Gasteiger partial charge in [-0.15, -0.1) is 0 Å². The van der Waals surface area contributed by atoms with Gasteiger partial charge < -0.3 is 0 Å². The van der Waals surface area contributed by atoms with E-state index in [9.17, 15) is 14.9 Å². The SMILES string of the molecule is CC1=CC=CC(=O)C1(C)[N+](=O)[O-]. The molecule has 0 bridgehead atoms. The molecule has 0 aliphatic heterocycles. The van der Waals surface area contributed by atoms with Crippen LogP contribution in [0.3, 0.4) is 0 Å². The molecule has 1 rings (SSSR count). The number of hydrogen-bond donors (Lipinski definition) is 0. The van der Waals surface area contributed by atoms with Gasteiger partial charge in [0.1, 0.15) is 0 Å². The Bertz CT molecular complexity index is 303. The first kappa shape index (κ1) is 8.64. The van der Waals surface area contributed by atoms with E-state index in [4.69, 9.17) is 0 Å². The summed E-state index contributed by atoms with van der Waals surface area (Å²) in [4.78, 5) is 21.3. The summed E-state index contributed by atoms with van der Waals surface area (Å²) in [6.07, 6.45) is 4.35. The standard InChI is InChI=1S/C8H9NO3/c1-6-4-3-5-7(10)8(6,2)9(11)12/h3-5H,1-2H3. The highest BCUT2D eigenvalue weighted by atomic mass is 16.6. The van der Waals surface area contributed by atoms with Crippen LogP contribution in [0, 0.1) is 10.1 Å². The number of carbonyl (C=O) groups is 1. The summed E-state index contributed by atoms with van der Waals surface area (Å²) in [5, 5.41) is 10.6. The highest BCUT2D eigenvalue weighted by molar-refractivity contribution is 6.00. The first-order valence-corrected chi connectivity index (χ1v) is 3.54. The normalized spacial score (nSPS) is 28.5. The Labute approximate surface area is 69.7 Å². The number of ketones is 1. The van der Waals surface area contributed by atoms with Gasteiger partial charge in [0.25, 0.3) is 0 Å². The van der Waals surface area contributed by atoms with Crippen molar-refractivity contribution in [3.8, 4) is 0 Å². The monoisotopic (exact) mass is 167 g/mol. The Hall–Kier alpha value is -1.45. The molecule has 1 atom stereocenters. The van der Waals surface area contributed by atoms with Crippen molar-refractivity contribution in [1.82, 2.24) is 0 Å². The van der Waals surface area contributed by atoms with Crippen LogP contribution in [-0.4, -0.2) is 16.2 Å². The molecule has 0 radical (unpaired) electrons. The third-order valence-corrected chi connectivity index (χ3v) is 2.21. The van der Waals surface area contributed by atoms with Crippen LogP contribution in [0.1, 0.15) is 13.8 Å². The van der Waals surface area contributed by atoms with Gasteiger partial charge >= 0.3 is 5.54 Å². The molecule has 0 aromatic heterocycles. The van der Waals surface area contributed by atoms with Crippen molar-refractivity contribution in [3.05, 3.63) is 33.9 Å². The summed E-state index contributed by atoms with van der Waals surface area (Å²) >= 11 is 0. The predicted molar refractivity (Wildman–Crippen MR) is 43.3 cm³/mol. The number of allylic oxidation sites excluding steroid dienone is 2. The van der Waals surface area contributed by atoms with Crippen molar-refractivity contribution in [2.75, 3.05) is 0 Å². The molecular weight excluding hydrogens is 158 g/mol. The quantitative estimate of drug-likeness (QED) is 0.434. The average molecular weight is 167 g/mol. The van der Waals surface area contributed by atoms with Gasteiger partial charge in [0.2, 0.25) is 5.78 Å². The molecule has 0 N–H and O–H groups in total. The maximum atomic E-state index is 11.2. The molecule has 0 saturated heterocycles. The largest absolute Gasteiger partial charge is 0.301 e. The van der Waals surface area contributed by atoms with Crippen molar-refractivity contribution in [3.63, 3.8) is 0 Å². The van der Waals surface area contributed by atoms with Crippen molar-refractivity contribution in [2.24, 2.45) is 0 Å². The molecule has 0 spiro atoms. The van der Waals surface area contributed by atoms with Gasteiger partial charge in [-0.1, -0.05) is 12.2 Å². The van der Waals surface area contributed by atoms with E-state index >= 15 is 0 Å². The van der Waals surface area contributed by atoms with Crippen LogP contribution in [0.2, 0.25) is 0 Å². The van der Waals surface area contributed by atoms with Crippen LogP contribution >= 0.6 is 0 Å². The van der Waals surface area contributed by atoms with Crippen LogP contribution in [0.25, 0.3) is 0 Å². The van der Waals surface area contributed by atoms with Gasteiger partial charge in [-0.05, 0) is 13.0 Å². The van der Waals surface area contributed by atoms with Gasteiger partial charge in [-0.25, -0.2) is 0 Å². The fourth-order valence-corrected chi connectivity index (χ4v) is 1.03. The molecule has 1 aliphatic rings. The van der Waals surface area contributed by atoms with Gasteiger partial charge in [0.15, 0.2) is 0 Å². The van der Waals surface area contributed by atoms with E-state index in [0.29, 0.717) is 5.57 Å². The van der Waals surface area contributed by atoms with E-state index in [1.165, 1.54) is 19.1 Å². The number of carbonyl (C=O) groups excluding carboxylic acids is 1. The minimum Gasteiger partial charge on any atom is -0.286 e. The molecule has 4 nitrogen and oxygen atoms in total. The summed E-state index contributed by atoms with van der Waals surface area (Å²) in [6.45, 7) is 2.91. The first-order valence-electron chi connectivity index (χ1n) is 3.54. The number of nitrogens with zero attached hydrogens (tertiary/aromatic N) is 1. The molecule has 4 heteroatoms. The van der Waals surface area contributed by atoms with Crippen molar-refractivity contribution >= 4 is 5.78 Å². The number of hydrogen-bond acceptors (Lipinski definition) is 3. The minimum atomic E-state index is -1.55. The zero-order valence-electron chi connectivity index (χ0n) is 6.90. The molecule has 0 amide bonds. The fourth-order valence-electron chi connectivity index (χ4n) is 1.03. The Kier molecular flexibility index (Phi) is 1.84. The molecular formula is C8H9NO3. The van der Waals surface area contributed by atoms with Crippen LogP contribution in [-0.2, 0) is 4.79 Å². The van der Waals surface area contributed by atoms with Crippen LogP contribution in [0.5, 0.6) is 0 Å². The maximum absolute atomic E-state index is 11.2. The number of rotatable bonds is 1. The fraction of sp³-hybridized carbons (Fsp3) is 0.375.